The number of ether oxygens (including phenoxy) is 2. The van der Waals surface area contributed by atoms with E-state index in [0.29, 0.717) is 28.6 Å². The molecule has 2 aromatic rings. The number of hydrogen-bond donors (Lipinski definition) is 2. The van der Waals surface area contributed by atoms with Gasteiger partial charge >= 0.3 is 0 Å². The number of amides is 1. The summed E-state index contributed by atoms with van der Waals surface area (Å²) in [5.74, 6) is 1.78. The second-order valence-electron chi connectivity index (χ2n) is 4.65. The molecule has 0 atom stereocenters. The standard InChI is InChI=1S/C15H15N3O3/c1-9-5-10(6-14(16-2)17-9)15(19)18-11-3-4-12-13(7-11)21-8-20-12/h3-7H,8H2,1-2H3,(H,16,17)(H,18,19). The van der Waals surface area contributed by atoms with E-state index < -0.39 is 0 Å². The van der Waals surface area contributed by atoms with Gasteiger partial charge in [-0.15, -0.1) is 0 Å². The summed E-state index contributed by atoms with van der Waals surface area (Å²) in [6, 6.07) is 8.74. The smallest absolute Gasteiger partial charge is 0.255 e. The van der Waals surface area contributed by atoms with Crippen LogP contribution >= 0.6 is 0 Å². The summed E-state index contributed by atoms with van der Waals surface area (Å²) in [6.45, 7) is 2.06. The van der Waals surface area contributed by atoms with Gasteiger partial charge in [-0.25, -0.2) is 4.98 Å². The van der Waals surface area contributed by atoms with Crippen molar-refractivity contribution >= 4 is 17.4 Å². The maximum absolute atomic E-state index is 12.3. The molecule has 3 rings (SSSR count). The Hall–Kier alpha value is -2.76. The Labute approximate surface area is 122 Å². The number of fused-ring (bicyclic) bond motifs is 1. The minimum absolute atomic E-state index is 0.198. The molecule has 0 saturated carbocycles. The van der Waals surface area contributed by atoms with E-state index in [4.69, 9.17) is 9.47 Å². The molecule has 2 heterocycles. The van der Waals surface area contributed by atoms with Crippen molar-refractivity contribution in [3.63, 3.8) is 0 Å². The highest BCUT2D eigenvalue weighted by atomic mass is 16.7. The van der Waals surface area contributed by atoms with Crippen LogP contribution in [0.1, 0.15) is 16.1 Å². The fourth-order valence-electron chi connectivity index (χ4n) is 2.11. The number of aryl methyl sites for hydroxylation is 1. The van der Waals surface area contributed by atoms with Crippen LogP contribution < -0.4 is 20.1 Å². The fourth-order valence-corrected chi connectivity index (χ4v) is 2.11. The number of hydrogen-bond acceptors (Lipinski definition) is 5. The Bertz CT molecular complexity index is 701. The fraction of sp³-hybridized carbons (Fsp3) is 0.200. The Balaban J connectivity index is 1.81. The number of aromatic nitrogens is 1. The highest BCUT2D eigenvalue weighted by Gasteiger charge is 2.15. The molecule has 1 aliphatic heterocycles. The zero-order valence-electron chi connectivity index (χ0n) is 11.8. The number of carbonyl (C=O) groups is 1. The first-order chi connectivity index (χ1) is 10.2. The first-order valence-electron chi connectivity index (χ1n) is 6.53. The van der Waals surface area contributed by atoms with Crippen molar-refractivity contribution in [1.82, 2.24) is 4.98 Å². The summed E-state index contributed by atoms with van der Waals surface area (Å²) in [7, 11) is 1.77. The van der Waals surface area contributed by atoms with Gasteiger partial charge in [-0.3, -0.25) is 4.79 Å². The molecule has 0 aliphatic carbocycles. The lowest BCUT2D eigenvalue weighted by atomic mass is 10.2. The predicted molar refractivity (Wildman–Crippen MR) is 79.0 cm³/mol. The van der Waals surface area contributed by atoms with Crippen LogP contribution in [0.3, 0.4) is 0 Å². The third-order valence-corrected chi connectivity index (χ3v) is 3.10. The highest BCUT2D eigenvalue weighted by Crippen LogP contribution is 2.34. The largest absolute Gasteiger partial charge is 0.454 e. The second-order valence-corrected chi connectivity index (χ2v) is 4.65. The molecule has 0 radical (unpaired) electrons. The van der Waals surface area contributed by atoms with Gasteiger partial charge < -0.3 is 20.1 Å². The molecule has 108 valence electrons. The van der Waals surface area contributed by atoms with Crippen molar-refractivity contribution in [2.24, 2.45) is 0 Å². The Kier molecular flexibility index (Phi) is 3.35. The molecular weight excluding hydrogens is 270 g/mol. The quantitative estimate of drug-likeness (QED) is 0.906. The average molecular weight is 285 g/mol. The average Bonchev–Trinajstić information content (AvgIpc) is 2.94. The van der Waals surface area contributed by atoms with Crippen LogP contribution in [0.4, 0.5) is 11.5 Å². The minimum atomic E-state index is -0.198. The molecule has 0 spiro atoms. The Morgan fingerprint density at radius 2 is 2.00 bits per heavy atom. The number of nitrogens with one attached hydrogen (secondary N) is 2. The molecule has 2 N–H and O–H groups in total. The number of pyridine rings is 1. The van der Waals surface area contributed by atoms with Gasteiger partial charge in [0.2, 0.25) is 6.79 Å². The van der Waals surface area contributed by atoms with Crippen molar-refractivity contribution in [2.45, 2.75) is 6.92 Å². The van der Waals surface area contributed by atoms with E-state index in [-0.39, 0.29) is 12.7 Å². The van der Waals surface area contributed by atoms with Crippen LogP contribution in [-0.2, 0) is 0 Å². The molecule has 6 nitrogen and oxygen atoms in total. The van der Waals surface area contributed by atoms with Gasteiger partial charge in [-0.2, -0.15) is 0 Å². The number of rotatable bonds is 3. The van der Waals surface area contributed by atoms with Gasteiger partial charge in [0.15, 0.2) is 11.5 Å². The number of carbonyl (C=O) groups excluding carboxylic acids is 1. The second kappa shape index (κ2) is 5.32. The zero-order valence-corrected chi connectivity index (χ0v) is 11.8. The number of anilines is 2. The summed E-state index contributed by atoms with van der Waals surface area (Å²) in [6.07, 6.45) is 0. The van der Waals surface area contributed by atoms with E-state index in [2.05, 4.69) is 15.6 Å². The van der Waals surface area contributed by atoms with Crippen LogP contribution in [0.15, 0.2) is 30.3 Å². The Morgan fingerprint density at radius 1 is 1.19 bits per heavy atom. The van der Waals surface area contributed by atoms with Gasteiger partial charge in [-0.1, -0.05) is 0 Å². The van der Waals surface area contributed by atoms with Crippen molar-refractivity contribution in [2.75, 3.05) is 24.5 Å². The van der Waals surface area contributed by atoms with Crippen molar-refractivity contribution in [3.05, 3.63) is 41.6 Å². The van der Waals surface area contributed by atoms with Gasteiger partial charge in [0.1, 0.15) is 5.82 Å². The third-order valence-electron chi connectivity index (χ3n) is 3.10. The molecule has 0 fully saturated rings. The van der Waals surface area contributed by atoms with E-state index in [0.717, 1.165) is 5.69 Å². The molecule has 1 aliphatic rings. The maximum Gasteiger partial charge on any atom is 0.255 e. The monoisotopic (exact) mass is 285 g/mol. The van der Waals surface area contributed by atoms with Crippen molar-refractivity contribution < 1.29 is 14.3 Å². The Morgan fingerprint density at radius 3 is 2.81 bits per heavy atom. The number of benzene rings is 1. The first-order valence-corrected chi connectivity index (χ1v) is 6.53. The SMILES string of the molecule is CNc1cc(C(=O)Nc2ccc3c(c2)OCO3)cc(C)n1. The molecular formula is C15H15N3O3. The zero-order chi connectivity index (χ0) is 14.8. The van der Waals surface area contributed by atoms with E-state index in [1.807, 2.05) is 6.92 Å². The van der Waals surface area contributed by atoms with Crippen molar-refractivity contribution in [1.29, 1.82) is 0 Å². The van der Waals surface area contributed by atoms with Gasteiger partial charge in [0.25, 0.3) is 5.91 Å². The van der Waals surface area contributed by atoms with E-state index >= 15 is 0 Å². The van der Waals surface area contributed by atoms with E-state index in [1.165, 1.54) is 0 Å². The number of nitrogens with zero attached hydrogens (tertiary/aromatic N) is 1. The molecule has 21 heavy (non-hydrogen) atoms. The normalized spacial score (nSPS) is 12.1. The molecule has 0 bridgehead atoms. The predicted octanol–water partition coefficient (Wildman–Crippen LogP) is 2.41. The summed E-state index contributed by atoms with van der Waals surface area (Å²) >= 11 is 0. The molecule has 1 amide bonds. The molecule has 1 aromatic carbocycles. The van der Waals surface area contributed by atoms with Gasteiger partial charge in [0.05, 0.1) is 0 Å². The van der Waals surface area contributed by atoms with Gasteiger partial charge in [-0.05, 0) is 31.2 Å². The molecule has 1 aromatic heterocycles. The van der Waals surface area contributed by atoms with Gasteiger partial charge in [0, 0.05) is 30.1 Å². The van der Waals surface area contributed by atoms with Crippen LogP contribution in [0.5, 0.6) is 11.5 Å². The molecule has 0 unspecified atom stereocenters. The van der Waals surface area contributed by atoms with Crippen LogP contribution in [0.25, 0.3) is 0 Å². The summed E-state index contributed by atoms with van der Waals surface area (Å²) in [4.78, 5) is 16.6. The van der Waals surface area contributed by atoms with E-state index in [1.54, 1.807) is 37.4 Å². The van der Waals surface area contributed by atoms with Crippen molar-refractivity contribution in [3.8, 4) is 11.5 Å². The van der Waals surface area contributed by atoms with Crippen LogP contribution in [0, 0.1) is 6.92 Å². The molecule has 0 saturated heterocycles. The summed E-state index contributed by atoms with van der Waals surface area (Å²) < 4.78 is 10.5. The van der Waals surface area contributed by atoms with Crippen LogP contribution in [-0.4, -0.2) is 24.7 Å². The lowest BCUT2D eigenvalue weighted by Crippen LogP contribution is -2.13. The van der Waals surface area contributed by atoms with E-state index in [9.17, 15) is 4.79 Å². The third kappa shape index (κ3) is 2.74. The maximum atomic E-state index is 12.3. The minimum Gasteiger partial charge on any atom is -0.454 e. The lowest BCUT2D eigenvalue weighted by Gasteiger charge is -2.08. The topological polar surface area (TPSA) is 72.5 Å². The summed E-state index contributed by atoms with van der Waals surface area (Å²) in [5.41, 5.74) is 1.98. The van der Waals surface area contributed by atoms with Crippen LogP contribution in [0.2, 0.25) is 0 Å². The molecule has 6 heteroatoms. The summed E-state index contributed by atoms with van der Waals surface area (Å²) in [5, 5.41) is 5.77. The highest BCUT2D eigenvalue weighted by molar-refractivity contribution is 6.04. The first kappa shape index (κ1) is 13.2. The lowest BCUT2D eigenvalue weighted by molar-refractivity contribution is 0.102.